The number of benzene rings is 1. The predicted molar refractivity (Wildman–Crippen MR) is 69.5 cm³/mol. The second-order valence-electron chi connectivity index (χ2n) is 5.04. The molecule has 1 N–H and O–H groups in total. The third kappa shape index (κ3) is 4.28. The number of para-hydroxylation sites is 1. The van der Waals surface area contributed by atoms with Gasteiger partial charge in [-0.1, -0.05) is 6.07 Å². The van der Waals surface area contributed by atoms with Crippen LogP contribution in [0.3, 0.4) is 0 Å². The molecule has 0 unspecified atom stereocenters. The number of phenols is 1. The third-order valence-electron chi connectivity index (χ3n) is 2.24. The molecule has 0 heterocycles. The Morgan fingerprint density at radius 2 is 1.89 bits per heavy atom. The molecule has 0 saturated heterocycles. The molecule has 5 heteroatoms. The van der Waals surface area contributed by atoms with Gasteiger partial charge in [0.15, 0.2) is 17.3 Å². The van der Waals surface area contributed by atoms with Gasteiger partial charge < -0.3 is 14.6 Å². The van der Waals surface area contributed by atoms with Crippen LogP contribution in [-0.4, -0.2) is 29.6 Å². The molecule has 0 aliphatic carbocycles. The quantitative estimate of drug-likeness (QED) is 0.514. The second kappa shape index (κ2) is 5.73. The fraction of sp³-hybridized carbons (Fsp3) is 0.429. The topological polar surface area (TPSA) is 72.8 Å². The highest BCUT2D eigenvalue weighted by Gasteiger charge is 2.22. The van der Waals surface area contributed by atoms with Gasteiger partial charge in [0.2, 0.25) is 0 Å². The summed E-state index contributed by atoms with van der Waals surface area (Å²) < 4.78 is 9.96. The van der Waals surface area contributed by atoms with E-state index in [-0.39, 0.29) is 17.1 Å². The molecule has 5 nitrogen and oxygen atoms in total. The van der Waals surface area contributed by atoms with Crippen LogP contribution < -0.4 is 4.74 Å². The Morgan fingerprint density at radius 3 is 2.42 bits per heavy atom. The lowest BCUT2D eigenvalue weighted by molar-refractivity contribution is -0.153. The summed E-state index contributed by atoms with van der Waals surface area (Å²) in [5.41, 5.74) is -0.599. The zero-order chi connectivity index (χ0) is 14.6. The number of aromatic hydroxyl groups is 1. The number of carbonyl (C=O) groups is 2. The van der Waals surface area contributed by atoms with E-state index in [2.05, 4.69) is 0 Å². The van der Waals surface area contributed by atoms with Crippen molar-refractivity contribution < 1.29 is 24.2 Å². The van der Waals surface area contributed by atoms with Gasteiger partial charge in [0.1, 0.15) is 12.0 Å². The van der Waals surface area contributed by atoms with Gasteiger partial charge in [0.05, 0.1) is 12.7 Å². The molecule has 1 aromatic rings. The van der Waals surface area contributed by atoms with E-state index in [9.17, 15) is 14.7 Å². The maximum Gasteiger partial charge on any atom is 0.314 e. The molecular formula is C14H18O5. The van der Waals surface area contributed by atoms with Crippen molar-refractivity contribution in [1.29, 1.82) is 0 Å². The largest absolute Gasteiger partial charge is 0.504 e. The number of methoxy groups -OCH3 is 1. The van der Waals surface area contributed by atoms with E-state index < -0.39 is 23.8 Å². The Balaban J connectivity index is 2.82. The second-order valence-corrected chi connectivity index (χ2v) is 5.04. The predicted octanol–water partition coefficient (Wildman–Crippen LogP) is 2.32. The molecule has 0 bridgehead atoms. The summed E-state index contributed by atoms with van der Waals surface area (Å²) in [6, 6.07) is 4.53. The van der Waals surface area contributed by atoms with E-state index in [1.165, 1.54) is 19.2 Å². The van der Waals surface area contributed by atoms with Crippen LogP contribution in [-0.2, 0) is 9.53 Å². The molecule has 0 saturated carbocycles. The number of carbonyl (C=O) groups excluding carboxylic acids is 2. The van der Waals surface area contributed by atoms with Crippen molar-refractivity contribution in [2.24, 2.45) is 0 Å². The summed E-state index contributed by atoms with van der Waals surface area (Å²) in [7, 11) is 1.39. The van der Waals surface area contributed by atoms with Crippen molar-refractivity contribution in [2.45, 2.75) is 32.8 Å². The van der Waals surface area contributed by atoms with E-state index in [0.29, 0.717) is 0 Å². The molecule has 0 atom stereocenters. The number of rotatable bonds is 4. The van der Waals surface area contributed by atoms with E-state index in [0.717, 1.165) is 0 Å². The third-order valence-corrected chi connectivity index (χ3v) is 2.24. The lowest BCUT2D eigenvalue weighted by Gasteiger charge is -2.19. The lowest BCUT2D eigenvalue weighted by atomic mass is 10.1. The first-order valence-corrected chi connectivity index (χ1v) is 5.85. The smallest absolute Gasteiger partial charge is 0.314 e. The molecule has 1 rings (SSSR count). The highest BCUT2D eigenvalue weighted by molar-refractivity contribution is 6.07. The van der Waals surface area contributed by atoms with Crippen LogP contribution >= 0.6 is 0 Å². The van der Waals surface area contributed by atoms with Crippen LogP contribution in [0.4, 0.5) is 0 Å². The van der Waals surface area contributed by atoms with Gasteiger partial charge in [0, 0.05) is 0 Å². The number of phenolic OH excluding ortho intramolecular Hbond substituents is 1. The summed E-state index contributed by atoms with van der Waals surface area (Å²) >= 11 is 0. The van der Waals surface area contributed by atoms with Gasteiger partial charge >= 0.3 is 5.97 Å². The number of ether oxygens (including phenoxy) is 2. The molecule has 0 aliphatic rings. The van der Waals surface area contributed by atoms with Crippen molar-refractivity contribution in [3.63, 3.8) is 0 Å². The number of esters is 1. The minimum absolute atomic E-state index is 0.0465. The van der Waals surface area contributed by atoms with E-state index >= 15 is 0 Å². The monoisotopic (exact) mass is 266 g/mol. The van der Waals surface area contributed by atoms with E-state index in [4.69, 9.17) is 9.47 Å². The van der Waals surface area contributed by atoms with Crippen LogP contribution in [0.2, 0.25) is 0 Å². The van der Waals surface area contributed by atoms with Crippen LogP contribution in [0.5, 0.6) is 11.5 Å². The van der Waals surface area contributed by atoms with Gasteiger partial charge in [-0.05, 0) is 32.9 Å². The standard InChI is InChI=1S/C14H18O5/c1-14(2,3)19-12(16)8-10(15)9-6-5-7-11(18-4)13(9)17/h5-7,17H,8H2,1-4H3. The van der Waals surface area contributed by atoms with Gasteiger partial charge in [-0.2, -0.15) is 0 Å². The number of Topliss-reactive ketones (excluding diaryl/α,β-unsaturated/α-hetero) is 1. The summed E-state index contributed by atoms with van der Waals surface area (Å²) in [5, 5.41) is 9.81. The van der Waals surface area contributed by atoms with Crippen LogP contribution in [0, 0.1) is 0 Å². The summed E-state index contributed by atoms with van der Waals surface area (Å²) in [4.78, 5) is 23.5. The number of hydrogen-bond donors (Lipinski definition) is 1. The first-order valence-electron chi connectivity index (χ1n) is 5.85. The fourth-order valence-electron chi connectivity index (χ4n) is 1.52. The van der Waals surface area contributed by atoms with Crippen molar-refractivity contribution in [3.8, 4) is 11.5 Å². The number of ketones is 1. The minimum atomic E-state index is -0.645. The van der Waals surface area contributed by atoms with Gasteiger partial charge in [-0.15, -0.1) is 0 Å². The Bertz CT molecular complexity index is 485. The van der Waals surface area contributed by atoms with Crippen LogP contribution in [0.15, 0.2) is 18.2 Å². The molecule has 0 amide bonds. The Labute approximate surface area is 112 Å². The van der Waals surface area contributed by atoms with Gasteiger partial charge in [-0.25, -0.2) is 0 Å². The van der Waals surface area contributed by atoms with Crippen molar-refractivity contribution in [3.05, 3.63) is 23.8 Å². The lowest BCUT2D eigenvalue weighted by Crippen LogP contribution is -2.25. The Morgan fingerprint density at radius 1 is 1.26 bits per heavy atom. The molecule has 0 spiro atoms. The molecular weight excluding hydrogens is 248 g/mol. The number of hydrogen-bond acceptors (Lipinski definition) is 5. The molecule has 19 heavy (non-hydrogen) atoms. The van der Waals surface area contributed by atoms with Crippen LogP contribution in [0.25, 0.3) is 0 Å². The maximum absolute atomic E-state index is 11.9. The molecule has 0 aliphatic heterocycles. The summed E-state index contributed by atoms with van der Waals surface area (Å²) in [6.07, 6.45) is -0.419. The first kappa shape index (κ1) is 15.0. The average Bonchev–Trinajstić information content (AvgIpc) is 2.26. The maximum atomic E-state index is 11.9. The molecule has 1 aromatic carbocycles. The van der Waals surface area contributed by atoms with Gasteiger partial charge in [-0.3, -0.25) is 9.59 Å². The molecule has 0 fully saturated rings. The molecule has 0 aromatic heterocycles. The summed E-state index contributed by atoms with van der Waals surface area (Å²) in [5.74, 6) is -1.21. The Hall–Kier alpha value is -2.04. The highest BCUT2D eigenvalue weighted by atomic mass is 16.6. The van der Waals surface area contributed by atoms with E-state index in [1.54, 1.807) is 26.8 Å². The fourth-order valence-corrected chi connectivity index (χ4v) is 1.52. The molecule has 104 valence electrons. The Kier molecular flexibility index (Phi) is 4.53. The SMILES string of the molecule is COc1cccc(C(=O)CC(=O)OC(C)(C)C)c1O. The first-order chi connectivity index (χ1) is 8.74. The highest BCUT2D eigenvalue weighted by Crippen LogP contribution is 2.30. The van der Waals surface area contributed by atoms with E-state index in [1.807, 2.05) is 0 Å². The zero-order valence-corrected chi connectivity index (χ0v) is 11.5. The van der Waals surface area contributed by atoms with Crippen molar-refractivity contribution >= 4 is 11.8 Å². The minimum Gasteiger partial charge on any atom is -0.504 e. The zero-order valence-electron chi connectivity index (χ0n) is 11.5. The van der Waals surface area contributed by atoms with Crippen LogP contribution in [0.1, 0.15) is 37.6 Å². The average molecular weight is 266 g/mol. The van der Waals surface area contributed by atoms with Gasteiger partial charge in [0.25, 0.3) is 0 Å². The molecule has 0 radical (unpaired) electrons. The normalized spacial score (nSPS) is 10.9. The van der Waals surface area contributed by atoms with Crippen molar-refractivity contribution in [2.75, 3.05) is 7.11 Å². The van der Waals surface area contributed by atoms with Crippen molar-refractivity contribution in [1.82, 2.24) is 0 Å². The summed E-state index contributed by atoms with van der Waals surface area (Å²) in [6.45, 7) is 5.16.